The first-order valence-corrected chi connectivity index (χ1v) is 11.0. The number of rotatable bonds is 5. The number of aromatic nitrogens is 3. The molecule has 0 amide bonds. The van der Waals surface area contributed by atoms with Gasteiger partial charge in [-0.3, -0.25) is 19.3 Å². The van der Waals surface area contributed by atoms with Crippen molar-refractivity contribution in [2.45, 2.75) is 19.0 Å². The maximum Gasteiger partial charge on any atom is 0.416 e. The predicted molar refractivity (Wildman–Crippen MR) is 132 cm³/mol. The maximum atomic E-state index is 13.4. The first-order valence-electron chi connectivity index (χ1n) is 11.0. The number of halogens is 3. The van der Waals surface area contributed by atoms with Crippen LogP contribution in [0, 0.1) is 0 Å². The summed E-state index contributed by atoms with van der Waals surface area (Å²) in [5.41, 5.74) is 2.73. The fourth-order valence-electron chi connectivity index (χ4n) is 4.16. The van der Waals surface area contributed by atoms with Crippen LogP contribution in [0.25, 0.3) is 38.6 Å². The predicted octanol–water partition coefficient (Wildman–Crippen LogP) is 6.74. The Labute approximate surface area is 199 Å². The van der Waals surface area contributed by atoms with Crippen molar-refractivity contribution in [3.05, 3.63) is 113 Å². The zero-order valence-electron chi connectivity index (χ0n) is 18.6. The summed E-state index contributed by atoms with van der Waals surface area (Å²) in [6, 6.07) is 17.3. The molecule has 0 unspecified atom stereocenters. The summed E-state index contributed by atoms with van der Waals surface area (Å²) in [6.07, 6.45) is 2.38. The van der Waals surface area contributed by atoms with Crippen molar-refractivity contribution in [3.63, 3.8) is 0 Å². The van der Waals surface area contributed by atoms with Crippen LogP contribution in [0.1, 0.15) is 17.7 Å². The van der Waals surface area contributed by atoms with E-state index in [9.17, 15) is 18.0 Å². The Balaban J connectivity index is 1.72. The molecule has 3 aromatic heterocycles. The van der Waals surface area contributed by atoms with Crippen molar-refractivity contribution < 1.29 is 13.2 Å². The molecule has 0 radical (unpaired) electrons. The van der Waals surface area contributed by atoms with Crippen LogP contribution in [0.5, 0.6) is 0 Å². The van der Waals surface area contributed by atoms with Crippen LogP contribution in [-0.2, 0) is 12.6 Å². The molecular weight excluding hydrogens is 451 g/mol. The van der Waals surface area contributed by atoms with E-state index in [1.807, 2.05) is 36.4 Å². The first-order chi connectivity index (χ1) is 16.8. The molecule has 7 heteroatoms. The second kappa shape index (κ2) is 8.83. The summed E-state index contributed by atoms with van der Waals surface area (Å²) in [5, 5.41) is 1.30. The minimum atomic E-state index is -4.52. The third-order valence-corrected chi connectivity index (χ3v) is 5.91. The summed E-state index contributed by atoms with van der Waals surface area (Å²) < 4.78 is 41.5. The Morgan fingerprint density at radius 1 is 0.914 bits per heavy atom. The van der Waals surface area contributed by atoms with Crippen LogP contribution in [0.15, 0.2) is 96.6 Å². The summed E-state index contributed by atoms with van der Waals surface area (Å²) in [6.45, 7) is 3.73. The number of nitrogens with zero attached hydrogens (tertiary/aromatic N) is 3. The van der Waals surface area contributed by atoms with Crippen LogP contribution in [0.2, 0.25) is 0 Å². The molecule has 35 heavy (non-hydrogen) atoms. The average Bonchev–Trinajstić information content (AvgIpc) is 2.87. The number of alkyl halides is 3. The molecule has 0 atom stereocenters. The number of aryl methyl sites for hydroxylation is 1. The van der Waals surface area contributed by atoms with E-state index < -0.39 is 17.3 Å². The quantitative estimate of drug-likeness (QED) is 0.211. The van der Waals surface area contributed by atoms with E-state index in [4.69, 9.17) is 0 Å². The normalized spacial score (nSPS) is 11.7. The Morgan fingerprint density at radius 3 is 2.49 bits per heavy atom. The van der Waals surface area contributed by atoms with Gasteiger partial charge in [-0.1, -0.05) is 24.3 Å². The van der Waals surface area contributed by atoms with E-state index in [-0.39, 0.29) is 5.69 Å². The molecule has 0 aliphatic rings. The molecule has 5 aromatic rings. The second-order valence-corrected chi connectivity index (χ2v) is 8.21. The van der Waals surface area contributed by atoms with Gasteiger partial charge in [-0.15, -0.1) is 6.58 Å². The molecule has 174 valence electrons. The van der Waals surface area contributed by atoms with Gasteiger partial charge in [-0.25, -0.2) is 0 Å². The van der Waals surface area contributed by atoms with E-state index in [0.29, 0.717) is 21.8 Å². The largest absolute Gasteiger partial charge is 0.416 e. The third kappa shape index (κ3) is 4.33. The highest BCUT2D eigenvalue weighted by Gasteiger charge is 2.30. The number of hydrogen-bond donors (Lipinski definition) is 0. The van der Waals surface area contributed by atoms with Gasteiger partial charge in [0.05, 0.1) is 16.6 Å². The highest BCUT2D eigenvalue weighted by Crippen LogP contribution is 2.32. The molecular formula is C28H20F3N3O. The van der Waals surface area contributed by atoms with Gasteiger partial charge in [-0.05, 0) is 60.9 Å². The SMILES string of the molecule is C=CCCc1ccc(-c2ccc3ncc4ccc(=O)n(-c5cccc(C(F)(F)F)c5)c4c3c2)cn1. The molecule has 0 fully saturated rings. The summed E-state index contributed by atoms with van der Waals surface area (Å²) in [7, 11) is 0. The summed E-state index contributed by atoms with van der Waals surface area (Å²) >= 11 is 0. The maximum absolute atomic E-state index is 13.4. The number of benzene rings is 2. The Morgan fingerprint density at radius 2 is 1.74 bits per heavy atom. The second-order valence-electron chi connectivity index (χ2n) is 8.21. The minimum absolute atomic E-state index is 0.140. The van der Waals surface area contributed by atoms with Gasteiger partial charge < -0.3 is 0 Å². The fraction of sp³-hybridized carbons (Fsp3) is 0.107. The highest BCUT2D eigenvalue weighted by molar-refractivity contribution is 6.05. The first kappa shape index (κ1) is 22.5. The number of allylic oxidation sites excluding steroid dienone is 1. The zero-order valence-corrected chi connectivity index (χ0v) is 18.6. The van der Waals surface area contributed by atoms with Gasteiger partial charge in [0.2, 0.25) is 0 Å². The van der Waals surface area contributed by atoms with E-state index in [1.165, 1.54) is 22.8 Å². The van der Waals surface area contributed by atoms with Gasteiger partial charge in [0.15, 0.2) is 0 Å². The van der Waals surface area contributed by atoms with Crippen molar-refractivity contribution in [1.29, 1.82) is 0 Å². The Hall–Kier alpha value is -4.26. The molecule has 5 rings (SSSR count). The number of hydrogen-bond acceptors (Lipinski definition) is 3. The van der Waals surface area contributed by atoms with E-state index >= 15 is 0 Å². The smallest absolute Gasteiger partial charge is 0.276 e. The molecule has 2 aromatic carbocycles. The summed E-state index contributed by atoms with van der Waals surface area (Å²) in [5.74, 6) is 0. The van der Waals surface area contributed by atoms with Crippen LogP contribution >= 0.6 is 0 Å². The lowest BCUT2D eigenvalue weighted by atomic mass is 10.0. The molecule has 0 saturated heterocycles. The average molecular weight is 471 g/mol. The molecule has 3 heterocycles. The molecule has 0 spiro atoms. The van der Waals surface area contributed by atoms with Crippen molar-refractivity contribution in [3.8, 4) is 16.8 Å². The molecule has 4 nitrogen and oxygen atoms in total. The van der Waals surface area contributed by atoms with Gasteiger partial charge >= 0.3 is 6.18 Å². The van der Waals surface area contributed by atoms with Gasteiger partial charge in [0, 0.05) is 46.2 Å². The number of fused-ring (bicyclic) bond motifs is 3. The third-order valence-electron chi connectivity index (χ3n) is 5.91. The van der Waals surface area contributed by atoms with Crippen LogP contribution in [0.4, 0.5) is 13.2 Å². The lowest BCUT2D eigenvalue weighted by molar-refractivity contribution is -0.137. The van der Waals surface area contributed by atoms with Crippen LogP contribution < -0.4 is 5.56 Å². The summed E-state index contributed by atoms with van der Waals surface area (Å²) in [4.78, 5) is 22.0. The highest BCUT2D eigenvalue weighted by atomic mass is 19.4. The molecule has 0 N–H and O–H groups in total. The zero-order chi connectivity index (χ0) is 24.6. The lowest BCUT2D eigenvalue weighted by Gasteiger charge is -2.15. The molecule has 0 saturated carbocycles. The fourth-order valence-corrected chi connectivity index (χ4v) is 4.16. The lowest BCUT2D eigenvalue weighted by Crippen LogP contribution is -2.18. The van der Waals surface area contributed by atoms with Crippen molar-refractivity contribution in [2.24, 2.45) is 0 Å². The monoisotopic (exact) mass is 471 g/mol. The van der Waals surface area contributed by atoms with Gasteiger partial charge in [0.25, 0.3) is 5.56 Å². The Kier molecular flexibility index (Phi) is 5.68. The van der Waals surface area contributed by atoms with Crippen LogP contribution in [-0.4, -0.2) is 14.5 Å². The topological polar surface area (TPSA) is 47.8 Å². The van der Waals surface area contributed by atoms with E-state index in [2.05, 4.69) is 16.5 Å². The Bertz CT molecular complexity index is 1620. The number of pyridine rings is 3. The van der Waals surface area contributed by atoms with Crippen molar-refractivity contribution >= 4 is 21.8 Å². The minimum Gasteiger partial charge on any atom is -0.276 e. The molecule has 0 bridgehead atoms. The molecule has 0 aliphatic heterocycles. The standard InChI is InChI=1S/C28H20F3N3O/c1-2-3-6-22-11-8-19(16-32-22)18-9-12-25-24(14-18)27-20(17-33-25)10-13-26(35)34(27)23-7-4-5-21(15-23)28(29,30)31/h2,4-5,7-17H,1,3,6H2. The van der Waals surface area contributed by atoms with Gasteiger partial charge in [-0.2, -0.15) is 13.2 Å². The van der Waals surface area contributed by atoms with Crippen molar-refractivity contribution in [1.82, 2.24) is 14.5 Å². The van der Waals surface area contributed by atoms with E-state index in [0.717, 1.165) is 41.8 Å². The van der Waals surface area contributed by atoms with Crippen molar-refractivity contribution in [2.75, 3.05) is 0 Å². The van der Waals surface area contributed by atoms with E-state index in [1.54, 1.807) is 18.5 Å². The van der Waals surface area contributed by atoms with Gasteiger partial charge in [0.1, 0.15) is 0 Å². The van der Waals surface area contributed by atoms with Crippen LogP contribution in [0.3, 0.4) is 0 Å². The molecule has 0 aliphatic carbocycles.